The molecule has 1 N–H and O–H groups in total. The Morgan fingerprint density at radius 3 is 2.16 bits per heavy atom. The van der Waals surface area contributed by atoms with E-state index in [1.165, 1.54) is 0 Å². The largest absolute Gasteiger partial charge is 0.457 e. The minimum absolute atomic E-state index is 0.312. The second-order valence-electron chi connectivity index (χ2n) is 6.48. The average Bonchev–Trinajstić information content (AvgIpc) is 2.16. The molecule has 1 aromatic carbocycles. The van der Waals surface area contributed by atoms with Crippen LogP contribution >= 0.6 is 0 Å². The number of hydrogen-bond acceptors (Lipinski definition) is 2. The zero-order valence-electron chi connectivity index (χ0n) is 12.9. The maximum absolute atomic E-state index is 11.8. The van der Waals surface area contributed by atoms with Crippen LogP contribution in [0, 0.1) is 6.92 Å². The van der Waals surface area contributed by atoms with Gasteiger partial charge in [-0.3, -0.25) is 4.48 Å². The lowest BCUT2D eigenvalue weighted by Crippen LogP contribution is -2.52. The van der Waals surface area contributed by atoms with Crippen LogP contribution < -0.4 is 14.6 Å². The molecular weight excluding hydrogens is 242 g/mol. The highest BCUT2D eigenvalue weighted by Gasteiger charge is 2.18. The van der Waals surface area contributed by atoms with E-state index in [4.69, 9.17) is 4.74 Å². The molecule has 0 unspecified atom stereocenters. The van der Waals surface area contributed by atoms with Gasteiger partial charge in [-0.1, -0.05) is 0 Å². The zero-order chi connectivity index (χ0) is 14.8. The van der Waals surface area contributed by atoms with Gasteiger partial charge in [0.25, 0.3) is 0 Å². The van der Waals surface area contributed by atoms with Gasteiger partial charge in [0.2, 0.25) is 0 Å². The summed E-state index contributed by atoms with van der Waals surface area (Å²) in [5.41, 5.74) is 4.75. The SMILES string of the molecule is Cc1ccc([N+](C)(C)C)cc1OC(=O)N[N+](C)(C)C. The fraction of sp³-hybridized carbons (Fsp3) is 0.500. The molecule has 5 heteroatoms. The maximum atomic E-state index is 11.8. The van der Waals surface area contributed by atoms with Crippen LogP contribution in [0.15, 0.2) is 18.2 Å². The molecule has 19 heavy (non-hydrogen) atoms. The van der Waals surface area contributed by atoms with E-state index in [2.05, 4.69) is 26.6 Å². The molecule has 0 aliphatic rings. The third-order valence-electron chi connectivity index (χ3n) is 2.58. The van der Waals surface area contributed by atoms with Crippen LogP contribution in [0.2, 0.25) is 0 Å². The molecule has 106 valence electrons. The monoisotopic (exact) mass is 267 g/mol. The Balaban J connectivity index is 2.92. The first kappa shape index (κ1) is 15.5. The van der Waals surface area contributed by atoms with Crippen molar-refractivity contribution < 1.29 is 14.1 Å². The lowest BCUT2D eigenvalue weighted by atomic mass is 10.2. The van der Waals surface area contributed by atoms with Gasteiger partial charge >= 0.3 is 6.09 Å². The van der Waals surface area contributed by atoms with Crippen LogP contribution in [0.3, 0.4) is 0 Å². The van der Waals surface area contributed by atoms with Gasteiger partial charge in [-0.05, 0) is 24.6 Å². The number of carbonyl (C=O) groups excluding carboxylic acids is 1. The van der Waals surface area contributed by atoms with Crippen molar-refractivity contribution in [3.05, 3.63) is 23.8 Å². The number of carbonyl (C=O) groups is 1. The van der Waals surface area contributed by atoms with E-state index in [0.717, 1.165) is 11.3 Å². The molecule has 0 saturated heterocycles. The molecule has 0 aliphatic heterocycles. The molecule has 0 radical (unpaired) electrons. The van der Waals surface area contributed by atoms with E-state index in [-0.39, 0.29) is 0 Å². The predicted molar refractivity (Wildman–Crippen MR) is 77.9 cm³/mol. The van der Waals surface area contributed by atoms with E-state index in [0.29, 0.717) is 14.8 Å². The van der Waals surface area contributed by atoms with Gasteiger partial charge in [-0.15, -0.1) is 0 Å². The second kappa shape index (κ2) is 5.19. The quantitative estimate of drug-likeness (QED) is 0.671. The van der Waals surface area contributed by atoms with Crippen molar-refractivity contribution in [2.24, 2.45) is 0 Å². The van der Waals surface area contributed by atoms with Gasteiger partial charge in [0.05, 0.1) is 42.3 Å². The highest BCUT2D eigenvalue weighted by Crippen LogP contribution is 2.26. The summed E-state index contributed by atoms with van der Waals surface area (Å²) in [6.45, 7) is 1.92. The summed E-state index contributed by atoms with van der Waals surface area (Å²) in [6, 6.07) is 5.91. The van der Waals surface area contributed by atoms with Gasteiger partial charge in [0.15, 0.2) is 0 Å². The summed E-state index contributed by atoms with van der Waals surface area (Å²) in [5, 5.41) is 0. The van der Waals surface area contributed by atoms with Crippen LogP contribution in [-0.2, 0) is 0 Å². The molecule has 0 aromatic heterocycles. The molecule has 0 aliphatic carbocycles. The third-order valence-corrected chi connectivity index (χ3v) is 2.58. The molecule has 5 nitrogen and oxygen atoms in total. The van der Waals surface area contributed by atoms with Crippen molar-refractivity contribution in [1.29, 1.82) is 0 Å². The minimum Gasteiger partial charge on any atom is -0.407 e. The molecule has 0 heterocycles. The third kappa shape index (κ3) is 4.89. The van der Waals surface area contributed by atoms with E-state index in [9.17, 15) is 4.79 Å². The molecule has 1 aromatic rings. The number of hydrogen-bond donors (Lipinski definition) is 1. The fourth-order valence-corrected chi connectivity index (χ4v) is 1.51. The van der Waals surface area contributed by atoms with Crippen molar-refractivity contribution in [2.75, 3.05) is 42.3 Å². The summed E-state index contributed by atoms with van der Waals surface area (Å²) in [5.74, 6) is 0.594. The maximum Gasteiger partial charge on any atom is 0.457 e. The van der Waals surface area contributed by atoms with Crippen LogP contribution in [0.25, 0.3) is 0 Å². The van der Waals surface area contributed by atoms with Gasteiger partial charge in [0.1, 0.15) is 11.4 Å². The fourth-order valence-electron chi connectivity index (χ4n) is 1.51. The van der Waals surface area contributed by atoms with Gasteiger partial charge in [0, 0.05) is 6.07 Å². The number of aryl methyl sites for hydroxylation is 1. The predicted octanol–water partition coefficient (Wildman–Crippen LogP) is 1.90. The zero-order valence-corrected chi connectivity index (χ0v) is 12.9. The van der Waals surface area contributed by atoms with E-state index < -0.39 is 6.09 Å². The summed E-state index contributed by atoms with van der Waals surface area (Å²) >= 11 is 0. The minimum atomic E-state index is -0.450. The topological polar surface area (TPSA) is 38.3 Å². The van der Waals surface area contributed by atoms with Crippen LogP contribution in [0.4, 0.5) is 10.5 Å². The van der Waals surface area contributed by atoms with E-state index in [1.807, 2.05) is 46.3 Å². The molecule has 1 rings (SSSR count). The number of amides is 1. The number of rotatable bonds is 3. The number of nitrogens with one attached hydrogen (secondary N) is 1. The Kier molecular flexibility index (Phi) is 4.22. The molecule has 0 atom stereocenters. The number of nitrogens with zero attached hydrogens (tertiary/aromatic N) is 2. The van der Waals surface area contributed by atoms with Crippen LogP contribution in [0.1, 0.15) is 5.56 Å². The van der Waals surface area contributed by atoms with E-state index in [1.54, 1.807) is 0 Å². The lowest BCUT2D eigenvalue weighted by Gasteiger charge is -2.25. The summed E-state index contributed by atoms with van der Waals surface area (Å²) in [6.07, 6.45) is -0.450. The standard InChI is InChI=1S/C14H24N3O2/c1-11-8-9-12(16(2,3)4)10-13(11)19-14(18)15-17(5,6)7/h8-10H,1-7H3/q+1/p+1. The highest BCUT2D eigenvalue weighted by atomic mass is 16.6. The number of quaternary nitrogens is 2. The first-order valence-corrected chi connectivity index (χ1v) is 6.23. The Morgan fingerprint density at radius 1 is 1.11 bits per heavy atom. The Labute approximate surface area is 115 Å². The Hall–Kier alpha value is -1.59. The van der Waals surface area contributed by atoms with Crippen molar-refractivity contribution >= 4 is 11.8 Å². The van der Waals surface area contributed by atoms with Gasteiger partial charge in [-0.2, -0.15) is 5.43 Å². The second-order valence-corrected chi connectivity index (χ2v) is 6.48. The van der Waals surface area contributed by atoms with Crippen molar-refractivity contribution in [1.82, 2.24) is 9.91 Å². The lowest BCUT2D eigenvalue weighted by molar-refractivity contribution is -0.906. The molecule has 0 bridgehead atoms. The van der Waals surface area contributed by atoms with Crippen molar-refractivity contribution in [2.45, 2.75) is 6.92 Å². The molecular formula is C14H25N3O2+2. The average molecular weight is 267 g/mol. The molecule has 0 fully saturated rings. The highest BCUT2D eigenvalue weighted by molar-refractivity contribution is 5.70. The smallest absolute Gasteiger partial charge is 0.407 e. The Morgan fingerprint density at radius 2 is 1.68 bits per heavy atom. The normalized spacial score (nSPS) is 12.2. The van der Waals surface area contributed by atoms with Crippen molar-refractivity contribution in [3.63, 3.8) is 0 Å². The number of benzene rings is 1. The molecule has 0 saturated carbocycles. The van der Waals surface area contributed by atoms with Gasteiger partial charge < -0.3 is 4.74 Å². The summed E-state index contributed by atoms with van der Waals surface area (Å²) in [4.78, 5) is 11.8. The van der Waals surface area contributed by atoms with Gasteiger partial charge in [-0.25, -0.2) is 9.39 Å². The van der Waals surface area contributed by atoms with Crippen LogP contribution in [-0.4, -0.2) is 53.0 Å². The number of ether oxygens (including phenoxy) is 1. The first-order chi connectivity index (χ1) is 8.49. The first-order valence-electron chi connectivity index (χ1n) is 6.23. The Bertz CT molecular complexity index is 471. The summed E-state index contributed by atoms with van der Waals surface area (Å²) < 4.78 is 6.37. The molecule has 0 spiro atoms. The van der Waals surface area contributed by atoms with E-state index >= 15 is 0 Å². The molecule has 1 amide bonds. The summed E-state index contributed by atoms with van der Waals surface area (Å²) in [7, 11) is 11.8. The van der Waals surface area contributed by atoms with Crippen LogP contribution in [0.5, 0.6) is 5.75 Å². The van der Waals surface area contributed by atoms with Crippen molar-refractivity contribution in [3.8, 4) is 5.75 Å².